The molecule has 0 aliphatic rings. The molecule has 88 valence electrons. The van der Waals surface area contributed by atoms with Crippen LogP contribution in [0.4, 0.5) is 5.95 Å². The molecule has 0 amide bonds. The summed E-state index contributed by atoms with van der Waals surface area (Å²) < 4.78 is 2.32. The molecule has 0 aliphatic carbocycles. The van der Waals surface area contributed by atoms with Crippen LogP contribution in [0, 0.1) is 12.3 Å². The van der Waals surface area contributed by atoms with Crippen molar-refractivity contribution < 1.29 is 0 Å². The van der Waals surface area contributed by atoms with Crippen molar-refractivity contribution in [2.75, 3.05) is 11.9 Å². The Bertz CT molecular complexity index is 728. The highest BCUT2D eigenvalue weighted by Crippen LogP contribution is 2.07. The van der Waals surface area contributed by atoms with Gasteiger partial charge in [-0.05, 0) is 0 Å². The first-order valence-electron chi connectivity index (χ1n) is 4.89. The summed E-state index contributed by atoms with van der Waals surface area (Å²) in [6.45, 7) is 0.286. The van der Waals surface area contributed by atoms with Crippen LogP contribution in [0.1, 0.15) is 0 Å². The van der Waals surface area contributed by atoms with E-state index in [1.54, 1.807) is 7.05 Å². The summed E-state index contributed by atoms with van der Waals surface area (Å²) in [5, 5.41) is 2.81. The van der Waals surface area contributed by atoms with Crippen LogP contribution in [0.3, 0.4) is 0 Å². The van der Waals surface area contributed by atoms with Gasteiger partial charge >= 0.3 is 5.69 Å². The molecule has 2 aromatic rings. The largest absolute Gasteiger partial charge is 0.345 e. The third-order valence-corrected chi connectivity index (χ3v) is 2.45. The average molecular weight is 233 g/mol. The van der Waals surface area contributed by atoms with Crippen LogP contribution in [0.25, 0.3) is 11.2 Å². The number of anilines is 1. The van der Waals surface area contributed by atoms with Crippen molar-refractivity contribution in [2.45, 2.75) is 0 Å². The zero-order chi connectivity index (χ0) is 12.6. The van der Waals surface area contributed by atoms with Gasteiger partial charge in [-0.15, -0.1) is 6.42 Å². The van der Waals surface area contributed by atoms with Gasteiger partial charge in [-0.25, -0.2) is 4.79 Å². The van der Waals surface area contributed by atoms with E-state index in [2.05, 4.69) is 21.2 Å². The van der Waals surface area contributed by atoms with Gasteiger partial charge in [0.15, 0.2) is 11.2 Å². The van der Waals surface area contributed by atoms with Gasteiger partial charge in [-0.3, -0.25) is 13.9 Å². The zero-order valence-electron chi connectivity index (χ0n) is 9.44. The molecule has 0 atom stereocenters. The van der Waals surface area contributed by atoms with E-state index in [4.69, 9.17) is 6.42 Å². The van der Waals surface area contributed by atoms with E-state index in [1.165, 1.54) is 11.6 Å². The molecule has 0 fully saturated rings. The van der Waals surface area contributed by atoms with Crippen LogP contribution in [0.5, 0.6) is 0 Å². The normalized spacial score (nSPS) is 10.4. The number of fused-ring (bicyclic) bond motifs is 1. The Morgan fingerprint density at radius 3 is 2.76 bits per heavy atom. The summed E-state index contributed by atoms with van der Waals surface area (Å²) in [6.07, 6.45) is 5.10. The van der Waals surface area contributed by atoms with E-state index in [0.717, 1.165) is 4.57 Å². The lowest BCUT2D eigenvalue weighted by Crippen LogP contribution is -2.36. The van der Waals surface area contributed by atoms with Crippen molar-refractivity contribution >= 4 is 17.1 Å². The van der Waals surface area contributed by atoms with E-state index >= 15 is 0 Å². The van der Waals surface area contributed by atoms with Gasteiger partial charge in [-0.2, -0.15) is 4.98 Å². The summed E-state index contributed by atoms with van der Waals surface area (Å²) in [6, 6.07) is 0. The summed E-state index contributed by atoms with van der Waals surface area (Å²) >= 11 is 0. The Labute approximate surface area is 96.1 Å². The maximum atomic E-state index is 11.8. The van der Waals surface area contributed by atoms with Gasteiger partial charge in [0, 0.05) is 14.1 Å². The standard InChI is InChI=1S/C10H11N5O2/c1-4-5-11-9-12-6-7(13-9)14(2)10(17)15(3)8(6)16/h1H,5H2,2-3H3,(H2,11,12,13). The lowest BCUT2D eigenvalue weighted by Gasteiger charge is -2.00. The fraction of sp³-hybridized carbons (Fsp3) is 0.300. The number of hydrogen-bond acceptors (Lipinski definition) is 4. The van der Waals surface area contributed by atoms with Crippen LogP contribution in [0.15, 0.2) is 9.59 Å². The average Bonchev–Trinajstić information content (AvgIpc) is 2.75. The lowest BCUT2D eigenvalue weighted by molar-refractivity contribution is 0.709. The van der Waals surface area contributed by atoms with Gasteiger partial charge < -0.3 is 10.3 Å². The van der Waals surface area contributed by atoms with Gasteiger partial charge in [0.1, 0.15) is 0 Å². The summed E-state index contributed by atoms with van der Waals surface area (Å²) in [5.74, 6) is 2.76. The van der Waals surface area contributed by atoms with Crippen molar-refractivity contribution in [2.24, 2.45) is 14.1 Å². The molecule has 0 aromatic carbocycles. The second-order valence-electron chi connectivity index (χ2n) is 3.55. The van der Waals surface area contributed by atoms with Crippen LogP contribution < -0.4 is 16.6 Å². The molecule has 0 unspecified atom stereocenters. The Morgan fingerprint density at radius 1 is 1.41 bits per heavy atom. The van der Waals surface area contributed by atoms with Crippen LogP contribution >= 0.6 is 0 Å². The van der Waals surface area contributed by atoms with Gasteiger partial charge in [0.2, 0.25) is 5.95 Å². The number of rotatable bonds is 2. The van der Waals surface area contributed by atoms with Crippen molar-refractivity contribution in [3.63, 3.8) is 0 Å². The molecule has 0 saturated carbocycles. The first-order chi connectivity index (χ1) is 8.06. The molecule has 2 rings (SSSR count). The Morgan fingerprint density at radius 2 is 2.12 bits per heavy atom. The molecule has 7 nitrogen and oxygen atoms in total. The first kappa shape index (κ1) is 11.0. The molecule has 0 aliphatic heterocycles. The molecule has 2 aromatic heterocycles. The van der Waals surface area contributed by atoms with E-state index < -0.39 is 11.2 Å². The molecule has 0 radical (unpaired) electrons. The first-order valence-corrected chi connectivity index (χ1v) is 4.89. The molecule has 17 heavy (non-hydrogen) atoms. The molecular formula is C10H11N5O2. The van der Waals surface area contributed by atoms with E-state index in [1.807, 2.05) is 0 Å². The quantitative estimate of drug-likeness (QED) is 0.652. The lowest BCUT2D eigenvalue weighted by atomic mass is 10.5. The van der Waals surface area contributed by atoms with Gasteiger partial charge in [0.05, 0.1) is 6.54 Å². The van der Waals surface area contributed by atoms with E-state index in [-0.39, 0.29) is 12.1 Å². The molecule has 2 heterocycles. The number of nitrogens with zero attached hydrogens (tertiary/aromatic N) is 3. The maximum absolute atomic E-state index is 11.8. The SMILES string of the molecule is C#CCNc1nc2c([nH]1)c(=O)n(C)c(=O)n2C. The molecule has 0 spiro atoms. The number of nitrogens with one attached hydrogen (secondary N) is 2. The highest BCUT2D eigenvalue weighted by atomic mass is 16.2. The van der Waals surface area contributed by atoms with Gasteiger partial charge in [0.25, 0.3) is 5.56 Å². The number of imidazole rings is 1. The Hall–Kier alpha value is -2.49. The van der Waals surface area contributed by atoms with Crippen molar-refractivity contribution in [1.29, 1.82) is 0 Å². The fourth-order valence-corrected chi connectivity index (χ4v) is 1.54. The third kappa shape index (κ3) is 1.59. The smallest absolute Gasteiger partial charge is 0.332 e. The minimum Gasteiger partial charge on any atom is -0.345 e. The number of aromatic nitrogens is 4. The molecular weight excluding hydrogens is 222 g/mol. The monoisotopic (exact) mass is 233 g/mol. The van der Waals surface area contributed by atoms with Crippen molar-refractivity contribution in [3.8, 4) is 12.3 Å². The maximum Gasteiger partial charge on any atom is 0.332 e. The fourth-order valence-electron chi connectivity index (χ4n) is 1.54. The summed E-state index contributed by atoms with van der Waals surface area (Å²) in [5.41, 5.74) is -0.256. The minimum atomic E-state index is -0.419. The highest BCUT2D eigenvalue weighted by molar-refractivity contribution is 5.72. The zero-order valence-corrected chi connectivity index (χ0v) is 9.44. The van der Waals surface area contributed by atoms with E-state index in [9.17, 15) is 9.59 Å². The topological polar surface area (TPSA) is 84.7 Å². The molecule has 0 saturated heterocycles. The molecule has 7 heteroatoms. The predicted molar refractivity (Wildman–Crippen MR) is 63.9 cm³/mol. The number of terminal acetylenes is 1. The number of aromatic amines is 1. The van der Waals surface area contributed by atoms with Gasteiger partial charge in [-0.1, -0.05) is 5.92 Å². The predicted octanol–water partition coefficient (Wildman–Crippen LogP) is -0.995. The summed E-state index contributed by atoms with van der Waals surface area (Å²) in [7, 11) is 2.97. The number of H-pyrrole nitrogens is 1. The Balaban J connectivity index is 2.74. The second-order valence-corrected chi connectivity index (χ2v) is 3.55. The number of aryl methyl sites for hydroxylation is 1. The highest BCUT2D eigenvalue weighted by Gasteiger charge is 2.12. The van der Waals surface area contributed by atoms with Crippen molar-refractivity contribution in [3.05, 3.63) is 20.8 Å². The minimum absolute atomic E-state index is 0.272. The van der Waals surface area contributed by atoms with Crippen molar-refractivity contribution in [1.82, 2.24) is 19.1 Å². The Kier molecular flexibility index (Phi) is 2.48. The number of hydrogen-bond donors (Lipinski definition) is 2. The van der Waals surface area contributed by atoms with Crippen LogP contribution in [-0.2, 0) is 14.1 Å². The van der Waals surface area contributed by atoms with Crippen LogP contribution in [-0.4, -0.2) is 25.6 Å². The third-order valence-electron chi connectivity index (χ3n) is 2.45. The van der Waals surface area contributed by atoms with E-state index in [0.29, 0.717) is 11.6 Å². The summed E-state index contributed by atoms with van der Waals surface area (Å²) in [4.78, 5) is 30.3. The molecule has 0 bridgehead atoms. The molecule has 2 N–H and O–H groups in total. The second kappa shape index (κ2) is 3.83. The van der Waals surface area contributed by atoms with Crippen LogP contribution in [0.2, 0.25) is 0 Å².